The molecule has 1 aromatic carbocycles. The number of H-pyrrole nitrogens is 1. The highest BCUT2D eigenvalue weighted by atomic mass is 16.6. The molecule has 0 aliphatic heterocycles. The molecule has 1 heterocycles. The van der Waals surface area contributed by atoms with Crippen LogP contribution in [0.1, 0.15) is 33.3 Å². The van der Waals surface area contributed by atoms with Crippen molar-refractivity contribution in [3.63, 3.8) is 0 Å². The number of pyridine rings is 1. The summed E-state index contributed by atoms with van der Waals surface area (Å²) in [5.74, 6) is -1.40. The number of nitrogens with one attached hydrogen (secondary N) is 2. The van der Waals surface area contributed by atoms with Crippen molar-refractivity contribution >= 4 is 23.3 Å². The van der Waals surface area contributed by atoms with Crippen molar-refractivity contribution in [3.8, 4) is 0 Å². The van der Waals surface area contributed by atoms with Gasteiger partial charge in [-0.2, -0.15) is 0 Å². The molecule has 9 heteroatoms. The fourth-order valence-electron chi connectivity index (χ4n) is 2.08. The Labute approximate surface area is 141 Å². The maximum atomic E-state index is 12.4. The van der Waals surface area contributed by atoms with E-state index in [4.69, 9.17) is 4.74 Å². The van der Waals surface area contributed by atoms with Gasteiger partial charge in [0.05, 0.1) is 17.1 Å². The van der Waals surface area contributed by atoms with Crippen LogP contribution in [0.15, 0.2) is 35.1 Å². The van der Waals surface area contributed by atoms with Gasteiger partial charge >= 0.3 is 5.97 Å². The molecule has 130 valence electrons. The Hall–Kier alpha value is -3.49. The highest BCUT2D eigenvalue weighted by Crippen LogP contribution is 2.17. The minimum absolute atomic E-state index is 0.0843. The molecule has 0 radical (unpaired) electrons. The zero-order chi connectivity index (χ0) is 18.6. The number of hydrogen-bond donors (Lipinski definition) is 2. The molecule has 0 saturated carbocycles. The summed E-state index contributed by atoms with van der Waals surface area (Å²) in [7, 11) is 0. The molecule has 0 fully saturated rings. The molecule has 0 spiro atoms. The lowest BCUT2D eigenvalue weighted by Crippen LogP contribution is -2.24. The van der Waals surface area contributed by atoms with Crippen LogP contribution >= 0.6 is 0 Å². The Morgan fingerprint density at radius 3 is 2.44 bits per heavy atom. The summed E-state index contributed by atoms with van der Waals surface area (Å²) in [6.45, 7) is 3.21. The molecule has 0 unspecified atom stereocenters. The average molecular weight is 345 g/mol. The van der Waals surface area contributed by atoms with Gasteiger partial charge in [-0.15, -0.1) is 0 Å². The van der Waals surface area contributed by atoms with Crippen molar-refractivity contribution in [3.05, 3.63) is 67.6 Å². The summed E-state index contributed by atoms with van der Waals surface area (Å²) < 4.78 is 4.78. The Balaban J connectivity index is 2.29. The Morgan fingerprint density at radius 1 is 1.24 bits per heavy atom. The van der Waals surface area contributed by atoms with Crippen LogP contribution < -0.4 is 10.9 Å². The van der Waals surface area contributed by atoms with Crippen molar-refractivity contribution < 1.29 is 19.2 Å². The maximum absolute atomic E-state index is 12.4. The molecule has 0 bridgehead atoms. The quantitative estimate of drug-likeness (QED) is 0.484. The first-order valence-corrected chi connectivity index (χ1v) is 7.30. The van der Waals surface area contributed by atoms with Crippen molar-refractivity contribution in [2.24, 2.45) is 0 Å². The van der Waals surface area contributed by atoms with Gasteiger partial charge in [0.2, 0.25) is 0 Å². The van der Waals surface area contributed by atoms with Crippen LogP contribution in [0, 0.1) is 17.0 Å². The van der Waals surface area contributed by atoms with E-state index in [1.807, 2.05) is 0 Å². The molecule has 1 aromatic heterocycles. The third kappa shape index (κ3) is 4.08. The van der Waals surface area contributed by atoms with E-state index in [1.54, 1.807) is 6.92 Å². The number of nitro benzene ring substituents is 1. The van der Waals surface area contributed by atoms with E-state index in [9.17, 15) is 24.5 Å². The van der Waals surface area contributed by atoms with Gasteiger partial charge in [0, 0.05) is 23.5 Å². The van der Waals surface area contributed by atoms with Gasteiger partial charge < -0.3 is 15.0 Å². The molecule has 0 saturated heterocycles. The standard InChI is InChI=1S/C16H15N3O6/c1-3-25-16(22)13-8-12(9(2)17-15(13)21)14(20)18-10-4-6-11(7-5-10)19(23)24/h4-8H,3H2,1-2H3,(H,17,21)(H,18,20). The lowest BCUT2D eigenvalue weighted by molar-refractivity contribution is -0.384. The van der Waals surface area contributed by atoms with Gasteiger partial charge in [-0.05, 0) is 32.0 Å². The first kappa shape index (κ1) is 17.9. The van der Waals surface area contributed by atoms with Gasteiger partial charge in [0.15, 0.2) is 0 Å². The second-order valence-corrected chi connectivity index (χ2v) is 5.03. The molecular formula is C16H15N3O6. The number of hydrogen-bond acceptors (Lipinski definition) is 6. The predicted octanol–water partition coefficient (Wildman–Crippen LogP) is 2.02. The third-order valence-electron chi connectivity index (χ3n) is 3.31. The summed E-state index contributed by atoms with van der Waals surface area (Å²) in [6.07, 6.45) is 0. The molecule has 0 aliphatic rings. The zero-order valence-electron chi connectivity index (χ0n) is 13.5. The molecule has 9 nitrogen and oxygen atoms in total. The highest BCUT2D eigenvalue weighted by molar-refractivity contribution is 6.06. The number of anilines is 1. The van der Waals surface area contributed by atoms with Crippen molar-refractivity contribution in [1.29, 1.82) is 0 Å². The number of amides is 1. The lowest BCUT2D eigenvalue weighted by Gasteiger charge is -2.09. The molecule has 2 N–H and O–H groups in total. The number of nitro groups is 1. The number of non-ortho nitro benzene ring substituents is 1. The number of nitrogens with zero attached hydrogens (tertiary/aromatic N) is 1. The van der Waals surface area contributed by atoms with Gasteiger partial charge in [-0.1, -0.05) is 0 Å². The Kier molecular flexibility index (Phi) is 5.28. The van der Waals surface area contributed by atoms with E-state index in [1.165, 1.54) is 31.2 Å². The lowest BCUT2D eigenvalue weighted by atomic mass is 10.1. The monoisotopic (exact) mass is 345 g/mol. The first-order valence-electron chi connectivity index (χ1n) is 7.30. The molecule has 2 rings (SSSR count). The third-order valence-corrected chi connectivity index (χ3v) is 3.31. The summed E-state index contributed by atoms with van der Waals surface area (Å²) in [5.41, 5.74) is -0.343. The van der Waals surface area contributed by atoms with Crippen molar-refractivity contribution in [2.45, 2.75) is 13.8 Å². The van der Waals surface area contributed by atoms with E-state index in [0.717, 1.165) is 6.07 Å². The van der Waals surface area contributed by atoms with Crippen molar-refractivity contribution in [1.82, 2.24) is 4.98 Å². The number of carbonyl (C=O) groups excluding carboxylic acids is 2. The predicted molar refractivity (Wildman–Crippen MR) is 88.8 cm³/mol. The zero-order valence-corrected chi connectivity index (χ0v) is 13.5. The summed E-state index contributed by atoms with van der Waals surface area (Å²) in [4.78, 5) is 48.5. The van der Waals surface area contributed by atoms with Gasteiger partial charge in [0.25, 0.3) is 17.2 Å². The normalized spacial score (nSPS) is 10.2. The number of aromatic nitrogens is 1. The molecular weight excluding hydrogens is 330 g/mol. The largest absolute Gasteiger partial charge is 0.462 e. The number of esters is 1. The maximum Gasteiger partial charge on any atom is 0.343 e. The smallest absolute Gasteiger partial charge is 0.343 e. The van der Waals surface area contributed by atoms with Crippen LogP contribution in [0.25, 0.3) is 0 Å². The van der Waals surface area contributed by atoms with E-state index in [-0.39, 0.29) is 29.1 Å². The van der Waals surface area contributed by atoms with E-state index >= 15 is 0 Å². The number of carbonyl (C=O) groups is 2. The number of ether oxygens (including phenoxy) is 1. The van der Waals surface area contributed by atoms with E-state index < -0.39 is 22.4 Å². The fraction of sp³-hybridized carbons (Fsp3) is 0.188. The van der Waals surface area contributed by atoms with E-state index in [2.05, 4.69) is 10.3 Å². The number of rotatable bonds is 5. The number of aromatic amines is 1. The van der Waals surface area contributed by atoms with Crippen LogP contribution in [-0.4, -0.2) is 28.4 Å². The topological polar surface area (TPSA) is 131 Å². The minimum Gasteiger partial charge on any atom is -0.462 e. The average Bonchev–Trinajstić information content (AvgIpc) is 2.55. The van der Waals surface area contributed by atoms with Crippen LogP contribution in [0.2, 0.25) is 0 Å². The van der Waals surface area contributed by atoms with Gasteiger partial charge in [0.1, 0.15) is 5.56 Å². The molecule has 2 aromatic rings. The van der Waals surface area contributed by atoms with Crippen LogP contribution in [-0.2, 0) is 4.74 Å². The van der Waals surface area contributed by atoms with E-state index in [0.29, 0.717) is 5.69 Å². The molecule has 0 aliphatic carbocycles. The van der Waals surface area contributed by atoms with Crippen molar-refractivity contribution in [2.75, 3.05) is 11.9 Å². The summed E-state index contributed by atoms with van der Waals surface area (Å²) in [6, 6.07) is 6.41. The highest BCUT2D eigenvalue weighted by Gasteiger charge is 2.18. The molecule has 25 heavy (non-hydrogen) atoms. The molecule has 0 atom stereocenters. The summed E-state index contributed by atoms with van der Waals surface area (Å²) >= 11 is 0. The molecule has 1 amide bonds. The van der Waals surface area contributed by atoms with Crippen LogP contribution in [0.5, 0.6) is 0 Å². The minimum atomic E-state index is -0.826. The number of aryl methyl sites for hydroxylation is 1. The fourth-order valence-corrected chi connectivity index (χ4v) is 2.08. The number of benzene rings is 1. The SMILES string of the molecule is CCOC(=O)c1cc(C(=O)Nc2ccc([N+](=O)[O-])cc2)c(C)[nH]c1=O. The second-order valence-electron chi connectivity index (χ2n) is 5.03. The first-order chi connectivity index (χ1) is 11.8. The Morgan fingerprint density at radius 2 is 1.88 bits per heavy atom. The second kappa shape index (κ2) is 7.39. The Bertz CT molecular complexity index is 886. The van der Waals surface area contributed by atoms with Gasteiger partial charge in [-0.3, -0.25) is 19.7 Å². The summed E-state index contributed by atoms with van der Waals surface area (Å²) in [5, 5.41) is 13.2. The van der Waals surface area contributed by atoms with Crippen LogP contribution in [0.3, 0.4) is 0 Å². The van der Waals surface area contributed by atoms with Gasteiger partial charge in [-0.25, -0.2) is 4.79 Å². The van der Waals surface area contributed by atoms with Crippen LogP contribution in [0.4, 0.5) is 11.4 Å².